The molecule has 0 atom stereocenters. The Morgan fingerprint density at radius 1 is 1.25 bits per heavy atom. The maximum Gasteiger partial charge on any atom is 0.214 e. The number of carbonyl (C=O) groups excluding carboxylic acids is 1. The summed E-state index contributed by atoms with van der Waals surface area (Å²) in [6.07, 6.45) is 4.46. The van der Waals surface area contributed by atoms with Crippen molar-refractivity contribution in [2.75, 3.05) is 5.75 Å². The highest BCUT2D eigenvalue weighted by molar-refractivity contribution is 7.99. The lowest BCUT2D eigenvalue weighted by molar-refractivity contribution is -0.120. The topological polar surface area (TPSA) is 60.7 Å². The summed E-state index contributed by atoms with van der Waals surface area (Å²) in [5, 5.41) is 12.4. The Hall–Kier alpha value is -1.69. The van der Waals surface area contributed by atoms with Crippen LogP contribution in [0.1, 0.15) is 25.7 Å². The molecule has 1 aliphatic carbocycles. The van der Waals surface area contributed by atoms with Crippen LogP contribution in [0.3, 0.4) is 0 Å². The molecular formula is C14H16N4OS. The number of hydrogen-bond donors (Lipinski definition) is 0. The van der Waals surface area contributed by atoms with Crippen LogP contribution in [0.15, 0.2) is 35.5 Å². The highest BCUT2D eigenvalue weighted by Crippen LogP contribution is 2.28. The van der Waals surface area contributed by atoms with Gasteiger partial charge in [0.25, 0.3) is 0 Å². The largest absolute Gasteiger partial charge is 0.298 e. The fourth-order valence-electron chi connectivity index (χ4n) is 2.50. The van der Waals surface area contributed by atoms with E-state index in [0.717, 1.165) is 18.5 Å². The third kappa shape index (κ3) is 2.90. The summed E-state index contributed by atoms with van der Waals surface area (Å²) in [4.78, 5) is 12.1. The van der Waals surface area contributed by atoms with E-state index in [0.29, 0.717) is 16.7 Å². The standard InChI is InChI=1S/C14H16N4OS/c19-13(11-6-4-5-7-11)10-20-14-15-16-17-18(14)12-8-2-1-3-9-12/h1-3,8-9,11H,4-7,10H2. The van der Waals surface area contributed by atoms with Crippen LogP contribution in [0.2, 0.25) is 0 Å². The van der Waals surface area contributed by atoms with E-state index < -0.39 is 0 Å². The predicted octanol–water partition coefficient (Wildman–Crippen LogP) is 2.51. The summed E-state index contributed by atoms with van der Waals surface area (Å²) < 4.78 is 1.67. The summed E-state index contributed by atoms with van der Waals surface area (Å²) in [6.45, 7) is 0. The van der Waals surface area contributed by atoms with Crippen molar-refractivity contribution in [3.8, 4) is 5.69 Å². The fourth-order valence-corrected chi connectivity index (χ4v) is 3.37. The van der Waals surface area contributed by atoms with Crippen LogP contribution in [0.25, 0.3) is 5.69 Å². The van der Waals surface area contributed by atoms with Crippen molar-refractivity contribution in [3.63, 3.8) is 0 Å². The first kappa shape index (κ1) is 13.3. The second-order valence-corrected chi connectivity index (χ2v) is 5.89. The molecule has 1 fully saturated rings. The van der Waals surface area contributed by atoms with Crippen LogP contribution in [0.5, 0.6) is 0 Å². The molecule has 0 radical (unpaired) electrons. The lowest BCUT2D eigenvalue weighted by atomic mass is 10.0. The smallest absolute Gasteiger partial charge is 0.214 e. The molecule has 1 saturated carbocycles. The molecule has 1 aromatic heterocycles. The molecule has 104 valence electrons. The molecule has 0 unspecified atom stereocenters. The number of benzene rings is 1. The van der Waals surface area contributed by atoms with Gasteiger partial charge in [-0.1, -0.05) is 42.8 Å². The van der Waals surface area contributed by atoms with Gasteiger partial charge >= 0.3 is 0 Å². The van der Waals surface area contributed by atoms with E-state index >= 15 is 0 Å². The molecule has 0 aliphatic heterocycles. The Kier molecular flexibility index (Phi) is 4.11. The minimum atomic E-state index is 0.253. The zero-order valence-corrected chi connectivity index (χ0v) is 11.9. The van der Waals surface area contributed by atoms with Crippen molar-refractivity contribution in [1.82, 2.24) is 20.2 Å². The van der Waals surface area contributed by atoms with Gasteiger partial charge in [0.05, 0.1) is 11.4 Å². The minimum absolute atomic E-state index is 0.253. The average Bonchev–Trinajstić information content (AvgIpc) is 3.17. The molecule has 0 N–H and O–H groups in total. The zero-order chi connectivity index (χ0) is 13.8. The second kappa shape index (κ2) is 6.17. The van der Waals surface area contributed by atoms with E-state index in [4.69, 9.17) is 0 Å². The van der Waals surface area contributed by atoms with Crippen molar-refractivity contribution in [1.29, 1.82) is 0 Å². The number of tetrazole rings is 1. The lowest BCUT2D eigenvalue weighted by Gasteiger charge is -2.07. The zero-order valence-electron chi connectivity index (χ0n) is 11.1. The molecule has 1 aliphatic rings. The minimum Gasteiger partial charge on any atom is -0.298 e. The molecule has 1 heterocycles. The van der Waals surface area contributed by atoms with E-state index in [1.165, 1.54) is 24.6 Å². The number of ketones is 1. The van der Waals surface area contributed by atoms with Crippen molar-refractivity contribution >= 4 is 17.5 Å². The molecule has 0 spiro atoms. The molecule has 1 aromatic carbocycles. The first-order chi connectivity index (χ1) is 9.84. The molecule has 0 saturated heterocycles. The molecular weight excluding hydrogens is 272 g/mol. The summed E-state index contributed by atoms with van der Waals surface area (Å²) in [6, 6.07) is 9.72. The number of thioether (sulfide) groups is 1. The maximum absolute atomic E-state index is 12.1. The molecule has 0 bridgehead atoms. The molecule has 0 amide bonds. The van der Waals surface area contributed by atoms with Crippen LogP contribution in [-0.2, 0) is 4.79 Å². The van der Waals surface area contributed by atoms with E-state index in [-0.39, 0.29) is 5.92 Å². The second-order valence-electron chi connectivity index (χ2n) is 4.95. The Balaban J connectivity index is 1.66. The van der Waals surface area contributed by atoms with Gasteiger partial charge in [0, 0.05) is 5.92 Å². The maximum atomic E-state index is 12.1. The number of para-hydroxylation sites is 1. The van der Waals surface area contributed by atoms with Crippen LogP contribution >= 0.6 is 11.8 Å². The lowest BCUT2D eigenvalue weighted by Crippen LogP contribution is -2.13. The van der Waals surface area contributed by atoms with Gasteiger partial charge in [-0.05, 0) is 35.4 Å². The van der Waals surface area contributed by atoms with Crippen molar-refractivity contribution in [2.45, 2.75) is 30.8 Å². The highest BCUT2D eigenvalue weighted by Gasteiger charge is 2.23. The van der Waals surface area contributed by atoms with Gasteiger partial charge in [-0.2, -0.15) is 4.68 Å². The molecule has 3 rings (SSSR count). The highest BCUT2D eigenvalue weighted by atomic mass is 32.2. The quantitative estimate of drug-likeness (QED) is 0.791. The number of rotatable bonds is 5. The normalized spacial score (nSPS) is 15.6. The van der Waals surface area contributed by atoms with Crippen LogP contribution in [-0.4, -0.2) is 31.7 Å². The van der Waals surface area contributed by atoms with Gasteiger partial charge in [-0.25, -0.2) is 0 Å². The van der Waals surface area contributed by atoms with Crippen molar-refractivity contribution in [3.05, 3.63) is 30.3 Å². The Morgan fingerprint density at radius 2 is 2.00 bits per heavy atom. The van der Waals surface area contributed by atoms with Gasteiger partial charge < -0.3 is 0 Å². The number of carbonyl (C=O) groups is 1. The molecule has 2 aromatic rings. The van der Waals surface area contributed by atoms with Crippen LogP contribution in [0.4, 0.5) is 0 Å². The van der Waals surface area contributed by atoms with Gasteiger partial charge in [0.2, 0.25) is 5.16 Å². The summed E-state index contributed by atoms with van der Waals surface area (Å²) in [5.74, 6) is 1.04. The number of Topliss-reactive ketones (excluding diaryl/α,β-unsaturated/α-hetero) is 1. The third-order valence-electron chi connectivity index (χ3n) is 3.60. The predicted molar refractivity (Wildman–Crippen MR) is 76.8 cm³/mol. The monoisotopic (exact) mass is 288 g/mol. The van der Waals surface area contributed by atoms with Crippen molar-refractivity contribution < 1.29 is 4.79 Å². The average molecular weight is 288 g/mol. The first-order valence-electron chi connectivity index (χ1n) is 6.84. The summed E-state index contributed by atoms with van der Waals surface area (Å²) in [7, 11) is 0. The SMILES string of the molecule is O=C(CSc1nnnn1-c1ccccc1)C1CCCC1. The van der Waals surface area contributed by atoms with Crippen LogP contribution in [0, 0.1) is 5.92 Å². The van der Waals surface area contributed by atoms with E-state index in [1.807, 2.05) is 30.3 Å². The Labute approximate surface area is 121 Å². The Bertz CT molecular complexity index is 578. The van der Waals surface area contributed by atoms with Gasteiger partial charge in [-0.15, -0.1) is 5.10 Å². The number of aromatic nitrogens is 4. The Morgan fingerprint density at radius 3 is 2.75 bits per heavy atom. The van der Waals surface area contributed by atoms with Gasteiger partial charge in [0.15, 0.2) is 0 Å². The summed E-state index contributed by atoms with van der Waals surface area (Å²) >= 11 is 1.42. The molecule has 5 nitrogen and oxygen atoms in total. The van der Waals surface area contributed by atoms with Gasteiger partial charge in [0.1, 0.15) is 5.78 Å². The third-order valence-corrected chi connectivity index (χ3v) is 4.54. The van der Waals surface area contributed by atoms with E-state index in [2.05, 4.69) is 15.5 Å². The number of nitrogens with zero attached hydrogens (tertiary/aromatic N) is 4. The fraction of sp³-hybridized carbons (Fsp3) is 0.429. The summed E-state index contributed by atoms with van der Waals surface area (Å²) in [5.41, 5.74) is 0.910. The number of hydrogen-bond acceptors (Lipinski definition) is 5. The first-order valence-corrected chi connectivity index (χ1v) is 7.82. The molecule has 20 heavy (non-hydrogen) atoms. The van der Waals surface area contributed by atoms with Crippen LogP contribution < -0.4 is 0 Å². The molecule has 6 heteroatoms. The van der Waals surface area contributed by atoms with Gasteiger partial charge in [-0.3, -0.25) is 4.79 Å². The van der Waals surface area contributed by atoms with Crippen molar-refractivity contribution in [2.24, 2.45) is 5.92 Å². The van der Waals surface area contributed by atoms with E-state index in [9.17, 15) is 4.79 Å². The van der Waals surface area contributed by atoms with E-state index in [1.54, 1.807) is 4.68 Å².